The summed E-state index contributed by atoms with van der Waals surface area (Å²) >= 11 is 11.8. The molecule has 0 amide bonds. The Morgan fingerprint density at radius 3 is 2.24 bits per heavy atom. The Kier molecular flexibility index (Phi) is 5.06. The number of nitrogens with zero attached hydrogens (tertiary/aromatic N) is 1. The molecule has 2 aromatic rings. The van der Waals surface area contributed by atoms with Crippen LogP contribution in [0.25, 0.3) is 0 Å². The predicted molar refractivity (Wildman–Crippen MR) is 95.6 cm³/mol. The van der Waals surface area contributed by atoms with E-state index in [1.54, 1.807) is 0 Å². The summed E-state index contributed by atoms with van der Waals surface area (Å²) < 4.78 is 27.0. The number of benzene rings is 2. The third-order valence-electron chi connectivity index (χ3n) is 4.25. The van der Waals surface area contributed by atoms with E-state index in [1.807, 2.05) is 30.3 Å². The first-order valence-corrected chi connectivity index (χ1v) is 9.74. The molecule has 0 aliphatic carbocycles. The summed E-state index contributed by atoms with van der Waals surface area (Å²) in [6.07, 6.45) is 0.215. The second-order valence-corrected chi connectivity index (χ2v) is 8.64. The van der Waals surface area contributed by atoms with Crippen LogP contribution in [0.4, 0.5) is 0 Å². The lowest BCUT2D eigenvalue weighted by Crippen LogP contribution is -2.40. The summed E-state index contributed by atoms with van der Waals surface area (Å²) in [4.78, 5) is 11.5. The quantitative estimate of drug-likeness (QED) is 0.851. The molecular formula is C17H15Cl2NO4S. The number of carbonyl (C=O) groups is 1. The molecule has 1 fully saturated rings. The van der Waals surface area contributed by atoms with Crippen LogP contribution in [0.5, 0.6) is 0 Å². The zero-order valence-electron chi connectivity index (χ0n) is 13.0. The van der Waals surface area contributed by atoms with Gasteiger partial charge in [-0.1, -0.05) is 53.5 Å². The lowest BCUT2D eigenvalue weighted by molar-refractivity contribution is -0.140. The van der Waals surface area contributed by atoms with Gasteiger partial charge in [-0.3, -0.25) is 4.79 Å². The van der Waals surface area contributed by atoms with E-state index in [9.17, 15) is 18.3 Å². The molecule has 0 spiro atoms. The Bertz CT molecular complexity index is 882. The molecule has 132 valence electrons. The monoisotopic (exact) mass is 399 g/mol. The molecule has 1 aliphatic rings. The van der Waals surface area contributed by atoms with Gasteiger partial charge < -0.3 is 5.11 Å². The van der Waals surface area contributed by atoms with E-state index in [0.717, 1.165) is 9.87 Å². The molecule has 25 heavy (non-hydrogen) atoms. The van der Waals surface area contributed by atoms with Crippen LogP contribution in [0.1, 0.15) is 17.9 Å². The summed E-state index contributed by atoms with van der Waals surface area (Å²) in [6, 6.07) is 12.1. The first-order valence-electron chi connectivity index (χ1n) is 7.54. The van der Waals surface area contributed by atoms with Gasteiger partial charge in [0.15, 0.2) is 0 Å². The third kappa shape index (κ3) is 3.67. The molecule has 1 saturated heterocycles. The molecular weight excluding hydrogens is 385 g/mol. The molecule has 2 aromatic carbocycles. The van der Waals surface area contributed by atoms with E-state index in [2.05, 4.69) is 0 Å². The molecule has 1 aliphatic heterocycles. The van der Waals surface area contributed by atoms with Crippen LogP contribution < -0.4 is 0 Å². The summed E-state index contributed by atoms with van der Waals surface area (Å²) in [5.41, 5.74) is 0.913. The van der Waals surface area contributed by atoms with Crippen LogP contribution in [0, 0.1) is 0 Å². The predicted octanol–water partition coefficient (Wildman–Crippen LogP) is 3.62. The van der Waals surface area contributed by atoms with Crippen molar-refractivity contribution in [1.29, 1.82) is 0 Å². The molecule has 1 N–H and O–H groups in total. The second-order valence-electron chi connectivity index (χ2n) is 5.88. The minimum absolute atomic E-state index is 0.0907. The van der Waals surface area contributed by atoms with E-state index in [-0.39, 0.29) is 33.8 Å². The summed E-state index contributed by atoms with van der Waals surface area (Å²) in [5, 5.41) is 9.86. The summed E-state index contributed by atoms with van der Waals surface area (Å²) in [6.45, 7) is 0.0907. The number of sulfonamides is 1. The SMILES string of the molecule is O=C(O)C1C[C@@H](c2ccccc2)CN1S(=O)(=O)c1cc(Cl)cc(Cl)c1. The number of aliphatic carboxylic acids is 1. The van der Waals surface area contributed by atoms with Gasteiger partial charge in [-0.05, 0) is 36.1 Å². The van der Waals surface area contributed by atoms with Gasteiger partial charge in [0.2, 0.25) is 10.0 Å². The van der Waals surface area contributed by atoms with Crippen LogP contribution in [0.2, 0.25) is 10.0 Å². The number of halogens is 2. The molecule has 0 aromatic heterocycles. The van der Waals surface area contributed by atoms with Gasteiger partial charge in [0, 0.05) is 16.6 Å². The molecule has 1 heterocycles. The van der Waals surface area contributed by atoms with Crippen molar-refractivity contribution >= 4 is 39.2 Å². The average Bonchev–Trinajstić information content (AvgIpc) is 3.01. The fourth-order valence-corrected chi connectivity index (χ4v) is 5.44. The Labute approximate surface area is 155 Å². The average molecular weight is 400 g/mol. The van der Waals surface area contributed by atoms with Gasteiger partial charge in [-0.15, -0.1) is 0 Å². The van der Waals surface area contributed by atoms with E-state index < -0.39 is 22.0 Å². The zero-order chi connectivity index (χ0) is 18.2. The lowest BCUT2D eigenvalue weighted by atomic mass is 9.96. The number of rotatable bonds is 4. The van der Waals surface area contributed by atoms with Crippen LogP contribution in [0.15, 0.2) is 53.4 Å². The minimum atomic E-state index is -4.04. The standard InChI is InChI=1S/C17H15Cl2NO4S/c18-13-7-14(19)9-15(8-13)25(23,24)20-10-12(6-16(20)17(21)22)11-4-2-1-3-5-11/h1-5,7-9,12,16H,6,10H2,(H,21,22)/t12-,16?/m1/s1. The molecule has 8 heteroatoms. The topological polar surface area (TPSA) is 74.7 Å². The van der Waals surface area contributed by atoms with Crippen molar-refractivity contribution in [3.8, 4) is 0 Å². The van der Waals surface area contributed by atoms with Crippen molar-refractivity contribution in [2.75, 3.05) is 6.54 Å². The number of carboxylic acid groups (broad SMARTS) is 1. The van der Waals surface area contributed by atoms with Crippen molar-refractivity contribution in [2.45, 2.75) is 23.3 Å². The number of carboxylic acids is 1. The van der Waals surface area contributed by atoms with Gasteiger partial charge in [0.1, 0.15) is 6.04 Å². The van der Waals surface area contributed by atoms with Crippen molar-refractivity contribution in [3.05, 3.63) is 64.1 Å². The van der Waals surface area contributed by atoms with Crippen LogP contribution in [-0.2, 0) is 14.8 Å². The van der Waals surface area contributed by atoms with E-state index >= 15 is 0 Å². The Morgan fingerprint density at radius 2 is 1.68 bits per heavy atom. The molecule has 0 saturated carbocycles. The minimum Gasteiger partial charge on any atom is -0.480 e. The Morgan fingerprint density at radius 1 is 1.08 bits per heavy atom. The molecule has 0 bridgehead atoms. The Balaban J connectivity index is 1.99. The fourth-order valence-electron chi connectivity index (χ4n) is 3.08. The molecule has 3 rings (SSSR count). The molecule has 2 atom stereocenters. The highest BCUT2D eigenvalue weighted by Gasteiger charge is 2.44. The maximum atomic E-state index is 13.0. The van der Waals surface area contributed by atoms with Crippen LogP contribution in [-0.4, -0.2) is 36.4 Å². The first-order chi connectivity index (χ1) is 11.8. The van der Waals surface area contributed by atoms with Gasteiger partial charge in [-0.2, -0.15) is 4.31 Å². The van der Waals surface area contributed by atoms with Crippen molar-refractivity contribution in [3.63, 3.8) is 0 Å². The van der Waals surface area contributed by atoms with Gasteiger partial charge in [0.25, 0.3) is 0 Å². The maximum Gasteiger partial charge on any atom is 0.322 e. The van der Waals surface area contributed by atoms with Crippen LogP contribution >= 0.6 is 23.2 Å². The summed E-state index contributed by atoms with van der Waals surface area (Å²) in [7, 11) is -4.04. The van der Waals surface area contributed by atoms with Gasteiger partial charge >= 0.3 is 5.97 Å². The highest BCUT2D eigenvalue weighted by molar-refractivity contribution is 7.89. The zero-order valence-corrected chi connectivity index (χ0v) is 15.3. The van der Waals surface area contributed by atoms with Crippen molar-refractivity contribution < 1.29 is 18.3 Å². The third-order valence-corrected chi connectivity index (χ3v) is 6.54. The largest absolute Gasteiger partial charge is 0.480 e. The van der Waals surface area contributed by atoms with Crippen molar-refractivity contribution in [1.82, 2.24) is 4.31 Å². The van der Waals surface area contributed by atoms with Gasteiger partial charge in [0.05, 0.1) is 4.90 Å². The highest BCUT2D eigenvalue weighted by Crippen LogP contribution is 2.36. The number of hydrogen-bond acceptors (Lipinski definition) is 3. The van der Waals surface area contributed by atoms with Gasteiger partial charge in [-0.25, -0.2) is 8.42 Å². The highest BCUT2D eigenvalue weighted by atomic mass is 35.5. The molecule has 5 nitrogen and oxygen atoms in total. The fraction of sp³-hybridized carbons (Fsp3) is 0.235. The lowest BCUT2D eigenvalue weighted by Gasteiger charge is -2.21. The van der Waals surface area contributed by atoms with E-state index in [0.29, 0.717) is 0 Å². The molecule has 0 radical (unpaired) electrons. The first kappa shape index (κ1) is 18.2. The Hall–Kier alpha value is -1.60. The molecule has 1 unspecified atom stereocenters. The van der Waals surface area contributed by atoms with E-state index in [4.69, 9.17) is 23.2 Å². The second kappa shape index (κ2) is 6.96. The maximum absolute atomic E-state index is 13.0. The number of hydrogen-bond donors (Lipinski definition) is 1. The smallest absolute Gasteiger partial charge is 0.322 e. The summed E-state index contributed by atoms with van der Waals surface area (Å²) in [5.74, 6) is -1.36. The van der Waals surface area contributed by atoms with Crippen molar-refractivity contribution in [2.24, 2.45) is 0 Å². The normalized spacial score (nSPS) is 21.4. The van der Waals surface area contributed by atoms with Crippen LogP contribution in [0.3, 0.4) is 0 Å². The van der Waals surface area contributed by atoms with E-state index in [1.165, 1.54) is 18.2 Å².